The number of aliphatic hydroxyl groups is 1. The molecule has 0 aromatic heterocycles. The lowest BCUT2D eigenvalue weighted by molar-refractivity contribution is -0.0210. The first-order chi connectivity index (χ1) is 6.31. The highest BCUT2D eigenvalue weighted by Gasteiger charge is 2.34. The summed E-state index contributed by atoms with van der Waals surface area (Å²) in [5.41, 5.74) is -0.775. The van der Waals surface area contributed by atoms with Gasteiger partial charge < -0.3 is 10.4 Å². The third-order valence-electron chi connectivity index (χ3n) is 2.67. The van der Waals surface area contributed by atoms with Crippen LogP contribution in [0.1, 0.15) is 13.3 Å². The summed E-state index contributed by atoms with van der Waals surface area (Å²) in [5, 5.41) is 13.1. The zero-order chi connectivity index (χ0) is 10.8. The monoisotopic (exact) mass is 222 g/mol. The Labute approximate surface area is 84.9 Å². The van der Waals surface area contributed by atoms with Crippen molar-refractivity contribution in [1.29, 1.82) is 0 Å². The van der Waals surface area contributed by atoms with E-state index in [1.165, 1.54) is 0 Å². The predicted octanol–water partition coefficient (Wildman–Crippen LogP) is -1.10. The predicted molar refractivity (Wildman–Crippen MR) is 54.4 cm³/mol. The zero-order valence-corrected chi connectivity index (χ0v) is 9.39. The van der Waals surface area contributed by atoms with E-state index in [9.17, 15) is 13.5 Å². The van der Waals surface area contributed by atoms with Crippen molar-refractivity contribution in [3.8, 4) is 0 Å². The van der Waals surface area contributed by atoms with Gasteiger partial charge in [-0.2, -0.15) is 0 Å². The lowest BCUT2D eigenvalue weighted by Gasteiger charge is -2.37. The minimum atomic E-state index is -3.16. The average molecular weight is 222 g/mol. The largest absolute Gasteiger partial charge is 0.390 e. The quantitative estimate of drug-likeness (QED) is 0.566. The highest BCUT2D eigenvalue weighted by molar-refractivity contribution is 7.88. The summed E-state index contributed by atoms with van der Waals surface area (Å²) >= 11 is 0. The van der Waals surface area contributed by atoms with Gasteiger partial charge in [-0.05, 0) is 19.9 Å². The fourth-order valence-corrected chi connectivity index (χ4v) is 2.09. The Bertz CT molecular complexity index is 287. The maximum Gasteiger partial charge on any atom is 0.208 e. The minimum Gasteiger partial charge on any atom is -0.390 e. The van der Waals surface area contributed by atoms with E-state index >= 15 is 0 Å². The molecule has 0 aromatic rings. The minimum absolute atomic E-state index is 0.0639. The van der Waals surface area contributed by atoms with E-state index in [2.05, 4.69) is 10.0 Å². The smallest absolute Gasteiger partial charge is 0.208 e. The number of hydrogen-bond donors (Lipinski definition) is 3. The van der Waals surface area contributed by atoms with Crippen molar-refractivity contribution in [3.05, 3.63) is 0 Å². The van der Waals surface area contributed by atoms with Crippen LogP contribution in [0.2, 0.25) is 0 Å². The third-order valence-corrected chi connectivity index (χ3v) is 3.36. The Morgan fingerprint density at radius 3 is 2.79 bits per heavy atom. The van der Waals surface area contributed by atoms with Crippen LogP contribution in [-0.2, 0) is 10.0 Å². The van der Waals surface area contributed by atoms with Gasteiger partial charge in [0.2, 0.25) is 10.0 Å². The molecule has 84 valence electrons. The lowest BCUT2D eigenvalue weighted by atomic mass is 9.83. The molecule has 1 rings (SSSR count). The van der Waals surface area contributed by atoms with Gasteiger partial charge in [0.15, 0.2) is 0 Å². The average Bonchev–Trinajstić information content (AvgIpc) is 2.00. The maximum absolute atomic E-state index is 10.9. The van der Waals surface area contributed by atoms with Crippen molar-refractivity contribution < 1.29 is 13.5 Å². The van der Waals surface area contributed by atoms with Crippen LogP contribution < -0.4 is 10.0 Å². The topological polar surface area (TPSA) is 78.4 Å². The molecule has 0 aromatic carbocycles. The van der Waals surface area contributed by atoms with Crippen LogP contribution in [-0.4, -0.2) is 45.0 Å². The second-order valence-electron chi connectivity index (χ2n) is 4.13. The van der Waals surface area contributed by atoms with Crippen LogP contribution in [0.3, 0.4) is 0 Å². The molecule has 0 saturated carbocycles. The van der Waals surface area contributed by atoms with Crippen molar-refractivity contribution in [2.24, 2.45) is 5.92 Å². The van der Waals surface area contributed by atoms with Crippen molar-refractivity contribution in [2.45, 2.75) is 18.9 Å². The van der Waals surface area contributed by atoms with Gasteiger partial charge in [0.25, 0.3) is 0 Å². The van der Waals surface area contributed by atoms with Gasteiger partial charge in [-0.15, -0.1) is 0 Å². The molecule has 1 aliphatic heterocycles. The third kappa shape index (κ3) is 3.53. The van der Waals surface area contributed by atoms with Crippen molar-refractivity contribution >= 4 is 10.0 Å². The number of rotatable bonds is 3. The summed E-state index contributed by atoms with van der Waals surface area (Å²) in [7, 11) is -3.16. The first-order valence-corrected chi connectivity index (χ1v) is 6.58. The van der Waals surface area contributed by atoms with Gasteiger partial charge in [-0.25, -0.2) is 13.1 Å². The van der Waals surface area contributed by atoms with Crippen molar-refractivity contribution in [2.75, 3.05) is 25.9 Å². The molecular formula is C8H18N2O3S. The number of nitrogens with one attached hydrogen (secondary N) is 2. The van der Waals surface area contributed by atoms with E-state index < -0.39 is 15.6 Å². The van der Waals surface area contributed by atoms with Gasteiger partial charge in [0, 0.05) is 19.0 Å². The van der Waals surface area contributed by atoms with E-state index in [-0.39, 0.29) is 5.92 Å². The summed E-state index contributed by atoms with van der Waals surface area (Å²) in [6.07, 6.45) is 1.78. The van der Waals surface area contributed by atoms with Crippen LogP contribution in [0.5, 0.6) is 0 Å². The SMILES string of the molecule is CC1(O)CCNCC1CNS(C)(=O)=O. The standard InChI is InChI=1S/C8H18N2O3S/c1-8(11)3-4-9-5-7(8)6-10-14(2,12)13/h7,9-11H,3-6H2,1-2H3. The highest BCUT2D eigenvalue weighted by atomic mass is 32.2. The molecule has 0 bridgehead atoms. The number of sulfonamides is 1. The van der Waals surface area contributed by atoms with E-state index in [1.807, 2.05) is 0 Å². The van der Waals surface area contributed by atoms with Crippen LogP contribution in [0, 0.1) is 5.92 Å². The Hall–Kier alpha value is -0.170. The summed E-state index contributed by atoms with van der Waals surface area (Å²) < 4.78 is 24.2. The molecule has 1 heterocycles. The molecule has 5 nitrogen and oxygen atoms in total. The second-order valence-corrected chi connectivity index (χ2v) is 5.96. The summed E-state index contributed by atoms with van der Waals surface area (Å²) in [6, 6.07) is 0. The summed E-state index contributed by atoms with van der Waals surface area (Å²) in [4.78, 5) is 0. The second kappa shape index (κ2) is 4.14. The van der Waals surface area contributed by atoms with Gasteiger partial charge >= 0.3 is 0 Å². The molecule has 2 atom stereocenters. The maximum atomic E-state index is 10.9. The Morgan fingerprint density at radius 1 is 1.64 bits per heavy atom. The first kappa shape index (κ1) is 11.9. The molecule has 0 radical (unpaired) electrons. The Morgan fingerprint density at radius 2 is 2.29 bits per heavy atom. The van der Waals surface area contributed by atoms with E-state index in [4.69, 9.17) is 0 Å². The lowest BCUT2D eigenvalue weighted by Crippen LogP contribution is -2.52. The molecule has 0 spiro atoms. The Balaban J connectivity index is 2.50. The van der Waals surface area contributed by atoms with Crippen molar-refractivity contribution in [1.82, 2.24) is 10.0 Å². The van der Waals surface area contributed by atoms with Crippen LogP contribution in [0.25, 0.3) is 0 Å². The van der Waals surface area contributed by atoms with Crippen molar-refractivity contribution in [3.63, 3.8) is 0 Å². The van der Waals surface area contributed by atoms with Gasteiger partial charge in [0.1, 0.15) is 0 Å². The number of hydrogen-bond acceptors (Lipinski definition) is 4. The normalized spacial score (nSPS) is 34.4. The van der Waals surface area contributed by atoms with E-state index in [0.717, 1.165) is 12.8 Å². The number of piperidine rings is 1. The molecule has 1 saturated heterocycles. The highest BCUT2D eigenvalue weighted by Crippen LogP contribution is 2.22. The first-order valence-electron chi connectivity index (χ1n) is 4.69. The molecule has 0 amide bonds. The zero-order valence-electron chi connectivity index (χ0n) is 8.58. The van der Waals surface area contributed by atoms with E-state index in [0.29, 0.717) is 19.5 Å². The summed E-state index contributed by atoms with van der Waals surface area (Å²) in [6.45, 7) is 3.47. The fourth-order valence-electron chi connectivity index (χ4n) is 1.59. The Kier molecular flexibility index (Phi) is 3.52. The molecule has 0 aliphatic carbocycles. The molecule has 3 N–H and O–H groups in total. The fraction of sp³-hybridized carbons (Fsp3) is 1.00. The molecular weight excluding hydrogens is 204 g/mol. The van der Waals surface area contributed by atoms with Gasteiger partial charge in [0.05, 0.1) is 11.9 Å². The molecule has 2 unspecified atom stereocenters. The molecule has 1 aliphatic rings. The summed E-state index contributed by atoms with van der Waals surface area (Å²) in [5.74, 6) is -0.0639. The van der Waals surface area contributed by atoms with Crippen LogP contribution in [0.15, 0.2) is 0 Å². The molecule has 1 fully saturated rings. The van der Waals surface area contributed by atoms with Gasteiger partial charge in [-0.1, -0.05) is 0 Å². The van der Waals surface area contributed by atoms with E-state index in [1.54, 1.807) is 6.92 Å². The van der Waals surface area contributed by atoms with Crippen LogP contribution in [0.4, 0.5) is 0 Å². The molecule has 14 heavy (non-hydrogen) atoms. The van der Waals surface area contributed by atoms with Crippen LogP contribution >= 0.6 is 0 Å². The molecule has 6 heteroatoms. The van der Waals surface area contributed by atoms with Gasteiger partial charge in [-0.3, -0.25) is 0 Å².